The van der Waals surface area contributed by atoms with Gasteiger partial charge in [0.2, 0.25) is 0 Å². The van der Waals surface area contributed by atoms with Crippen LogP contribution in [-0.4, -0.2) is 12.5 Å². The first kappa shape index (κ1) is 13.1. The Hall–Kier alpha value is -1.88. The lowest BCUT2D eigenvalue weighted by atomic mass is 10.1. The molecule has 0 atom stereocenters. The number of nitrogens with zero attached hydrogens (tertiary/aromatic N) is 1. The van der Waals surface area contributed by atoms with E-state index in [1.54, 1.807) is 17.0 Å². The minimum Gasteiger partial charge on any atom is -0.399 e. The van der Waals surface area contributed by atoms with Gasteiger partial charge in [0.15, 0.2) is 0 Å². The number of benzene rings is 2. The summed E-state index contributed by atoms with van der Waals surface area (Å²) in [4.78, 5) is 14.2. The van der Waals surface area contributed by atoms with E-state index < -0.39 is 5.82 Å². The molecule has 0 aromatic heterocycles. The van der Waals surface area contributed by atoms with E-state index in [-0.39, 0.29) is 5.91 Å². The van der Waals surface area contributed by atoms with E-state index in [2.05, 4.69) is 15.9 Å². The molecule has 0 bridgehead atoms. The average molecular weight is 335 g/mol. The van der Waals surface area contributed by atoms with E-state index in [4.69, 9.17) is 5.73 Å². The second-order valence-electron chi connectivity index (χ2n) is 4.72. The summed E-state index contributed by atoms with van der Waals surface area (Å²) >= 11 is 3.29. The number of halogens is 2. The van der Waals surface area contributed by atoms with Crippen LogP contribution in [0, 0.1) is 5.82 Å². The van der Waals surface area contributed by atoms with Crippen LogP contribution in [0.2, 0.25) is 0 Å². The second-order valence-corrected chi connectivity index (χ2v) is 5.57. The van der Waals surface area contributed by atoms with E-state index in [0.717, 1.165) is 17.7 Å². The van der Waals surface area contributed by atoms with Gasteiger partial charge in [-0.15, -0.1) is 0 Å². The number of fused-ring (bicyclic) bond motifs is 1. The van der Waals surface area contributed by atoms with Gasteiger partial charge in [-0.2, -0.15) is 0 Å². The molecule has 1 aliphatic heterocycles. The number of hydrogen-bond donors (Lipinski definition) is 1. The molecule has 0 fully saturated rings. The Morgan fingerprint density at radius 1 is 1.25 bits per heavy atom. The zero-order valence-corrected chi connectivity index (χ0v) is 12.2. The van der Waals surface area contributed by atoms with Crippen LogP contribution in [0.1, 0.15) is 15.9 Å². The maximum atomic E-state index is 13.3. The predicted molar refractivity (Wildman–Crippen MR) is 80.3 cm³/mol. The van der Waals surface area contributed by atoms with Crippen molar-refractivity contribution in [1.29, 1.82) is 0 Å². The van der Waals surface area contributed by atoms with Gasteiger partial charge in [-0.3, -0.25) is 4.79 Å². The molecule has 2 aromatic carbocycles. The van der Waals surface area contributed by atoms with Crippen LogP contribution < -0.4 is 10.6 Å². The maximum Gasteiger partial charge on any atom is 0.259 e. The molecular weight excluding hydrogens is 323 g/mol. The monoisotopic (exact) mass is 334 g/mol. The van der Waals surface area contributed by atoms with Crippen LogP contribution >= 0.6 is 15.9 Å². The van der Waals surface area contributed by atoms with Crippen LogP contribution in [0.25, 0.3) is 0 Å². The number of hydrogen-bond acceptors (Lipinski definition) is 2. The lowest BCUT2D eigenvalue weighted by Gasteiger charge is -2.18. The maximum absolute atomic E-state index is 13.3. The van der Waals surface area contributed by atoms with Gasteiger partial charge in [0.1, 0.15) is 5.82 Å². The molecule has 0 unspecified atom stereocenters. The first-order chi connectivity index (χ1) is 9.56. The highest BCUT2D eigenvalue weighted by molar-refractivity contribution is 9.10. The molecule has 102 valence electrons. The summed E-state index contributed by atoms with van der Waals surface area (Å²) in [5, 5.41) is 0. The first-order valence-electron chi connectivity index (χ1n) is 6.21. The minimum atomic E-state index is -0.427. The summed E-state index contributed by atoms with van der Waals surface area (Å²) in [5.41, 5.74) is 8.61. The van der Waals surface area contributed by atoms with Crippen LogP contribution in [0.5, 0.6) is 0 Å². The quantitative estimate of drug-likeness (QED) is 0.812. The van der Waals surface area contributed by atoms with Crippen LogP contribution in [0.3, 0.4) is 0 Å². The van der Waals surface area contributed by atoms with Crippen molar-refractivity contribution in [1.82, 2.24) is 0 Å². The number of nitrogen functional groups attached to an aromatic ring is 1. The highest BCUT2D eigenvalue weighted by Gasteiger charge is 2.27. The van der Waals surface area contributed by atoms with E-state index in [1.807, 2.05) is 12.1 Å². The van der Waals surface area contributed by atoms with E-state index >= 15 is 0 Å². The molecule has 0 saturated carbocycles. The van der Waals surface area contributed by atoms with Crippen molar-refractivity contribution in [3.63, 3.8) is 0 Å². The topological polar surface area (TPSA) is 46.3 Å². The molecule has 0 saturated heterocycles. The molecule has 2 N–H and O–H groups in total. The summed E-state index contributed by atoms with van der Waals surface area (Å²) < 4.78 is 13.9. The lowest BCUT2D eigenvalue weighted by Crippen LogP contribution is -2.29. The SMILES string of the molecule is Nc1ccc2c(c1)N(C(=O)c1cc(F)ccc1Br)CC2. The molecule has 0 radical (unpaired) electrons. The largest absolute Gasteiger partial charge is 0.399 e. The Morgan fingerprint density at radius 2 is 2.05 bits per heavy atom. The van der Waals surface area contributed by atoms with Crippen LogP contribution in [-0.2, 0) is 6.42 Å². The highest BCUT2D eigenvalue weighted by atomic mass is 79.9. The number of carbonyl (C=O) groups excluding carboxylic acids is 1. The number of nitrogens with two attached hydrogens (primary N) is 1. The Morgan fingerprint density at radius 3 is 2.85 bits per heavy atom. The van der Waals surface area contributed by atoms with Gasteiger partial charge in [0.25, 0.3) is 5.91 Å². The molecule has 5 heteroatoms. The molecule has 2 aromatic rings. The number of carbonyl (C=O) groups is 1. The summed E-state index contributed by atoms with van der Waals surface area (Å²) in [7, 11) is 0. The van der Waals surface area contributed by atoms with Crippen LogP contribution in [0.4, 0.5) is 15.8 Å². The third-order valence-corrected chi connectivity index (χ3v) is 4.10. The van der Waals surface area contributed by atoms with E-state index in [0.29, 0.717) is 22.3 Å². The fourth-order valence-corrected chi connectivity index (χ4v) is 2.83. The number of anilines is 2. The van der Waals surface area contributed by atoms with E-state index in [9.17, 15) is 9.18 Å². The van der Waals surface area contributed by atoms with Crippen molar-refractivity contribution in [2.24, 2.45) is 0 Å². The zero-order valence-electron chi connectivity index (χ0n) is 10.6. The van der Waals surface area contributed by atoms with Crippen molar-refractivity contribution in [2.45, 2.75) is 6.42 Å². The van der Waals surface area contributed by atoms with Gasteiger partial charge in [-0.05, 0) is 58.2 Å². The summed E-state index contributed by atoms with van der Waals surface area (Å²) in [6, 6.07) is 9.64. The second kappa shape index (κ2) is 4.90. The van der Waals surface area contributed by atoms with Crippen molar-refractivity contribution in [2.75, 3.05) is 17.2 Å². The van der Waals surface area contributed by atoms with Gasteiger partial charge < -0.3 is 10.6 Å². The van der Waals surface area contributed by atoms with E-state index in [1.165, 1.54) is 12.1 Å². The Balaban J connectivity index is 2.01. The highest BCUT2D eigenvalue weighted by Crippen LogP contribution is 2.32. The Bertz CT molecular complexity index is 702. The normalized spacial score (nSPS) is 13.4. The average Bonchev–Trinajstić information content (AvgIpc) is 2.83. The third-order valence-electron chi connectivity index (χ3n) is 3.41. The zero-order chi connectivity index (χ0) is 14.3. The standard InChI is InChI=1S/C15H12BrFN2O/c16-13-4-2-10(17)7-12(13)15(20)19-6-5-9-1-3-11(18)8-14(9)19/h1-4,7-8H,5-6,18H2. The van der Waals surface area contributed by atoms with Crippen LogP contribution in [0.15, 0.2) is 40.9 Å². The van der Waals surface area contributed by atoms with Crippen molar-refractivity contribution < 1.29 is 9.18 Å². The summed E-state index contributed by atoms with van der Waals surface area (Å²) in [5.74, 6) is -0.649. The molecular formula is C15H12BrFN2O. The summed E-state index contributed by atoms with van der Waals surface area (Å²) in [6.45, 7) is 0.584. The molecule has 1 heterocycles. The Labute approximate surface area is 124 Å². The smallest absolute Gasteiger partial charge is 0.259 e. The molecule has 0 aliphatic carbocycles. The van der Waals surface area contributed by atoms with Gasteiger partial charge in [0.05, 0.1) is 5.56 Å². The molecule has 3 rings (SSSR count). The summed E-state index contributed by atoms with van der Waals surface area (Å²) in [6.07, 6.45) is 0.786. The van der Waals surface area contributed by atoms with Crippen molar-refractivity contribution >= 4 is 33.2 Å². The minimum absolute atomic E-state index is 0.222. The molecule has 3 nitrogen and oxygen atoms in total. The molecule has 1 amide bonds. The molecule has 20 heavy (non-hydrogen) atoms. The number of rotatable bonds is 1. The number of amides is 1. The van der Waals surface area contributed by atoms with Gasteiger partial charge in [-0.1, -0.05) is 6.07 Å². The fourth-order valence-electron chi connectivity index (χ4n) is 2.41. The van der Waals surface area contributed by atoms with Gasteiger partial charge in [-0.25, -0.2) is 4.39 Å². The lowest BCUT2D eigenvalue weighted by molar-refractivity contribution is 0.0988. The third kappa shape index (κ3) is 2.18. The van der Waals surface area contributed by atoms with Crippen molar-refractivity contribution in [3.8, 4) is 0 Å². The molecule has 0 spiro atoms. The van der Waals surface area contributed by atoms with Gasteiger partial charge >= 0.3 is 0 Å². The molecule has 1 aliphatic rings. The predicted octanol–water partition coefficient (Wildman–Crippen LogP) is 3.37. The van der Waals surface area contributed by atoms with Gasteiger partial charge in [0, 0.05) is 22.4 Å². The van der Waals surface area contributed by atoms with Crippen molar-refractivity contribution in [3.05, 3.63) is 57.8 Å². The fraction of sp³-hybridized carbons (Fsp3) is 0.133. The first-order valence-corrected chi connectivity index (χ1v) is 7.01. The Kier molecular flexibility index (Phi) is 3.22.